The number of aryl methyl sites for hydroxylation is 1. The normalized spacial score (nSPS) is 23.1. The van der Waals surface area contributed by atoms with Gasteiger partial charge in [0.25, 0.3) is 0 Å². The molecule has 1 amide bonds. The van der Waals surface area contributed by atoms with Gasteiger partial charge in [0.15, 0.2) is 5.66 Å². The van der Waals surface area contributed by atoms with Crippen LogP contribution in [0.25, 0.3) is 0 Å². The van der Waals surface area contributed by atoms with Crippen molar-refractivity contribution in [3.05, 3.63) is 65.7 Å². The lowest BCUT2D eigenvalue weighted by Crippen LogP contribution is -2.34. The van der Waals surface area contributed by atoms with Gasteiger partial charge in [0.2, 0.25) is 5.91 Å². The predicted octanol–water partition coefficient (Wildman–Crippen LogP) is 6.50. The monoisotopic (exact) mass is 447 g/mol. The van der Waals surface area contributed by atoms with Crippen LogP contribution in [-0.4, -0.2) is 28.1 Å². The average molecular weight is 448 g/mol. The number of hydrogen-bond acceptors (Lipinski definition) is 4. The van der Waals surface area contributed by atoms with E-state index < -0.39 is 0 Å². The minimum absolute atomic E-state index is 0.0236. The minimum atomic E-state index is -0.361. The maximum absolute atomic E-state index is 12.6. The Kier molecular flexibility index (Phi) is 6.57. The number of nitrogens with zero attached hydrogens (tertiary/aromatic N) is 2. The first kappa shape index (κ1) is 22.8. The highest BCUT2D eigenvalue weighted by molar-refractivity contribution is 8.16. The number of anilines is 1. The van der Waals surface area contributed by atoms with E-state index >= 15 is 0 Å². The lowest BCUT2D eigenvalue weighted by atomic mass is 9.70. The summed E-state index contributed by atoms with van der Waals surface area (Å²) in [5.74, 6) is 0.999. The van der Waals surface area contributed by atoms with Gasteiger partial charge in [0, 0.05) is 11.3 Å². The molecule has 32 heavy (non-hydrogen) atoms. The van der Waals surface area contributed by atoms with Crippen molar-refractivity contribution in [2.45, 2.75) is 59.0 Å². The number of amides is 1. The molecular weight excluding hydrogens is 414 g/mol. The Morgan fingerprint density at radius 1 is 1.03 bits per heavy atom. The average Bonchev–Trinajstić information content (AvgIpc) is 3.11. The highest BCUT2D eigenvalue weighted by atomic mass is 32.2. The Labute approximate surface area is 196 Å². The summed E-state index contributed by atoms with van der Waals surface area (Å²) < 4.78 is 0. The zero-order valence-corrected chi connectivity index (χ0v) is 20.3. The summed E-state index contributed by atoms with van der Waals surface area (Å²) in [5, 5.41) is 3.86. The Morgan fingerprint density at radius 3 is 2.31 bits per heavy atom. The van der Waals surface area contributed by atoms with Crippen molar-refractivity contribution in [1.82, 2.24) is 0 Å². The predicted molar refractivity (Wildman–Crippen MR) is 137 cm³/mol. The second kappa shape index (κ2) is 9.22. The van der Waals surface area contributed by atoms with Gasteiger partial charge in [-0.25, -0.2) is 4.99 Å². The first-order valence-corrected chi connectivity index (χ1v) is 12.5. The molecule has 0 unspecified atom stereocenters. The van der Waals surface area contributed by atoms with Crippen molar-refractivity contribution in [2.24, 2.45) is 21.3 Å². The van der Waals surface area contributed by atoms with Gasteiger partial charge in [-0.3, -0.25) is 9.79 Å². The fourth-order valence-corrected chi connectivity index (χ4v) is 5.42. The van der Waals surface area contributed by atoms with Crippen LogP contribution in [0.1, 0.15) is 57.6 Å². The second-order valence-corrected chi connectivity index (χ2v) is 11.0. The molecule has 2 aromatic rings. The molecule has 1 fully saturated rings. The molecule has 0 radical (unpaired) electrons. The highest BCUT2D eigenvalue weighted by Gasteiger charge is 2.42. The Hall–Kier alpha value is -2.40. The molecule has 168 valence electrons. The zero-order chi connectivity index (χ0) is 22.8. The molecule has 0 atom stereocenters. The first-order chi connectivity index (χ1) is 15.2. The lowest BCUT2D eigenvalue weighted by molar-refractivity contribution is -0.113. The van der Waals surface area contributed by atoms with Crippen molar-refractivity contribution >= 4 is 34.1 Å². The fraction of sp³-hybridized carbons (Fsp3) is 0.444. The summed E-state index contributed by atoms with van der Waals surface area (Å²) in [5.41, 5.74) is 4.02. The molecule has 4 nitrogen and oxygen atoms in total. The number of benzene rings is 2. The van der Waals surface area contributed by atoms with Crippen molar-refractivity contribution < 1.29 is 4.79 Å². The second-order valence-electron chi connectivity index (χ2n) is 10.1. The summed E-state index contributed by atoms with van der Waals surface area (Å²) in [7, 11) is 0. The van der Waals surface area contributed by atoms with Crippen LogP contribution in [0, 0.1) is 18.3 Å². The lowest BCUT2D eigenvalue weighted by Gasteiger charge is -2.39. The van der Waals surface area contributed by atoms with Gasteiger partial charge in [0.05, 0.1) is 11.5 Å². The number of rotatable bonds is 4. The van der Waals surface area contributed by atoms with Crippen LogP contribution in [0.5, 0.6) is 0 Å². The van der Waals surface area contributed by atoms with Crippen molar-refractivity contribution in [3.8, 4) is 0 Å². The van der Waals surface area contributed by atoms with Gasteiger partial charge in [-0.05, 0) is 56.1 Å². The number of hydrogen-bond donors (Lipinski definition) is 1. The van der Waals surface area contributed by atoms with Crippen molar-refractivity contribution in [1.29, 1.82) is 0 Å². The Balaban J connectivity index is 1.51. The molecule has 0 saturated heterocycles. The Morgan fingerprint density at radius 2 is 1.69 bits per heavy atom. The van der Waals surface area contributed by atoms with E-state index in [2.05, 4.69) is 57.3 Å². The molecule has 1 aliphatic heterocycles. The standard InChI is InChI=1S/C27H33N3OS/c1-19-10-12-20(13-11-19)24-25(32-18-23(31)28-22-8-6-5-7-9-22)30-27(29-24)16-14-21(15-17-27)26(2,3)4/h5-13,21H,14-18H2,1-4H3,(H,28,31). The van der Waals surface area contributed by atoms with Crippen LogP contribution in [-0.2, 0) is 4.79 Å². The van der Waals surface area contributed by atoms with Gasteiger partial charge in [-0.1, -0.05) is 80.6 Å². The topological polar surface area (TPSA) is 53.8 Å². The van der Waals surface area contributed by atoms with E-state index in [9.17, 15) is 4.79 Å². The van der Waals surface area contributed by atoms with E-state index in [1.807, 2.05) is 30.3 Å². The summed E-state index contributed by atoms with van der Waals surface area (Å²) in [6, 6.07) is 18.0. The van der Waals surface area contributed by atoms with Gasteiger partial charge in [-0.15, -0.1) is 0 Å². The van der Waals surface area contributed by atoms with E-state index in [1.54, 1.807) is 0 Å². The third-order valence-corrected chi connectivity index (χ3v) is 7.53. The van der Waals surface area contributed by atoms with E-state index in [1.165, 1.54) is 17.3 Å². The van der Waals surface area contributed by atoms with Gasteiger partial charge < -0.3 is 5.32 Å². The molecule has 0 aromatic heterocycles. The number of thioether (sulfide) groups is 1. The van der Waals surface area contributed by atoms with Gasteiger partial charge >= 0.3 is 0 Å². The third kappa shape index (κ3) is 5.32. The Bertz CT molecular complexity index is 1010. The summed E-state index contributed by atoms with van der Waals surface area (Å²) in [4.78, 5) is 22.9. The van der Waals surface area contributed by atoms with Gasteiger partial charge in [0.1, 0.15) is 5.04 Å². The van der Waals surface area contributed by atoms with Crippen LogP contribution >= 0.6 is 11.8 Å². The van der Waals surface area contributed by atoms with Crippen LogP contribution in [0.15, 0.2) is 64.6 Å². The maximum Gasteiger partial charge on any atom is 0.234 e. The molecule has 1 saturated carbocycles. The van der Waals surface area contributed by atoms with Crippen LogP contribution in [0.4, 0.5) is 5.69 Å². The number of aliphatic imine (C=N–C) groups is 2. The zero-order valence-electron chi connectivity index (χ0n) is 19.5. The molecule has 1 heterocycles. The quantitative estimate of drug-likeness (QED) is 0.581. The number of carbonyl (C=O) groups is 1. The summed E-state index contributed by atoms with van der Waals surface area (Å²) >= 11 is 1.50. The molecule has 1 aliphatic carbocycles. The van der Waals surface area contributed by atoms with E-state index in [-0.39, 0.29) is 11.6 Å². The van der Waals surface area contributed by atoms with Crippen LogP contribution < -0.4 is 5.32 Å². The molecule has 2 aromatic carbocycles. The molecule has 1 spiro atoms. The highest BCUT2D eigenvalue weighted by Crippen LogP contribution is 2.46. The third-order valence-electron chi connectivity index (χ3n) is 6.57. The smallest absolute Gasteiger partial charge is 0.234 e. The number of para-hydroxylation sites is 1. The molecule has 5 heteroatoms. The minimum Gasteiger partial charge on any atom is -0.325 e. The number of carbonyl (C=O) groups excluding carboxylic acids is 1. The molecular formula is C27H33N3OS. The molecule has 2 aliphatic rings. The van der Waals surface area contributed by atoms with Crippen molar-refractivity contribution in [2.75, 3.05) is 11.1 Å². The maximum atomic E-state index is 12.6. The largest absolute Gasteiger partial charge is 0.325 e. The SMILES string of the molecule is Cc1ccc(C2=NC3(CCC(C(C)(C)C)CC3)N=C2SCC(=O)Nc2ccccc2)cc1. The van der Waals surface area contributed by atoms with Gasteiger partial charge in [-0.2, -0.15) is 0 Å². The molecule has 1 N–H and O–H groups in total. The summed E-state index contributed by atoms with van der Waals surface area (Å²) in [6.45, 7) is 9.09. The first-order valence-electron chi connectivity index (χ1n) is 11.5. The summed E-state index contributed by atoms with van der Waals surface area (Å²) in [6.07, 6.45) is 4.24. The fourth-order valence-electron chi connectivity index (χ4n) is 4.55. The van der Waals surface area contributed by atoms with E-state index in [4.69, 9.17) is 9.98 Å². The van der Waals surface area contributed by atoms with Crippen molar-refractivity contribution in [3.63, 3.8) is 0 Å². The molecule has 4 rings (SSSR count). The van der Waals surface area contributed by atoms with Crippen LogP contribution in [0.3, 0.4) is 0 Å². The molecule has 0 bridgehead atoms. The number of nitrogens with one attached hydrogen (secondary N) is 1. The van der Waals surface area contributed by atoms with E-state index in [0.717, 1.165) is 47.7 Å². The van der Waals surface area contributed by atoms with Crippen LogP contribution in [0.2, 0.25) is 0 Å². The van der Waals surface area contributed by atoms with E-state index in [0.29, 0.717) is 17.1 Å².